The van der Waals surface area contributed by atoms with Crippen LogP contribution in [0.25, 0.3) is 10.9 Å². The Morgan fingerprint density at radius 1 is 1.14 bits per heavy atom. The number of nitrogens with one attached hydrogen (secondary N) is 1. The van der Waals surface area contributed by atoms with Gasteiger partial charge in [-0.05, 0) is 36.6 Å². The maximum absolute atomic E-state index is 4.56. The summed E-state index contributed by atoms with van der Waals surface area (Å²) in [5, 5.41) is 4.63. The van der Waals surface area contributed by atoms with E-state index in [9.17, 15) is 0 Å². The molecule has 3 aromatic rings. The molecule has 1 aliphatic heterocycles. The molecule has 1 atom stereocenters. The van der Waals surface area contributed by atoms with Gasteiger partial charge >= 0.3 is 0 Å². The lowest BCUT2D eigenvalue weighted by atomic mass is 9.93. The molecule has 1 N–H and O–H groups in total. The van der Waals surface area contributed by atoms with E-state index in [1.54, 1.807) is 18.7 Å². The van der Waals surface area contributed by atoms with Crippen molar-refractivity contribution in [2.75, 3.05) is 11.9 Å². The average Bonchev–Trinajstić information content (AvgIpc) is 2.95. The van der Waals surface area contributed by atoms with Crippen LogP contribution in [0.15, 0.2) is 36.9 Å². The van der Waals surface area contributed by atoms with Crippen LogP contribution in [0.5, 0.6) is 0 Å². The van der Waals surface area contributed by atoms with Gasteiger partial charge in [0.15, 0.2) is 0 Å². The molecule has 21 heavy (non-hydrogen) atoms. The van der Waals surface area contributed by atoms with E-state index in [1.165, 1.54) is 22.4 Å². The molecular weight excluding hydrogens is 260 g/mol. The third kappa shape index (κ3) is 1.79. The minimum Gasteiger partial charge on any atom is -0.384 e. The summed E-state index contributed by atoms with van der Waals surface area (Å²) < 4.78 is 0. The first-order valence-corrected chi connectivity index (χ1v) is 7.14. The molecule has 104 valence electrons. The molecule has 0 spiro atoms. The second kappa shape index (κ2) is 4.52. The Bertz CT molecular complexity index is 836. The van der Waals surface area contributed by atoms with Gasteiger partial charge in [-0.2, -0.15) is 0 Å². The Balaban J connectivity index is 1.92. The number of nitrogens with zero attached hydrogens (tertiary/aromatic N) is 3. The van der Waals surface area contributed by atoms with Crippen LogP contribution in [-0.2, 0) is 0 Å². The summed E-state index contributed by atoms with van der Waals surface area (Å²) in [4.78, 5) is 13.0. The smallest absolute Gasteiger partial charge is 0.116 e. The van der Waals surface area contributed by atoms with Crippen LogP contribution in [0, 0.1) is 13.8 Å². The maximum atomic E-state index is 4.56. The van der Waals surface area contributed by atoms with E-state index in [-0.39, 0.29) is 5.92 Å². The molecule has 1 aromatic carbocycles. The number of hydrogen-bond donors (Lipinski definition) is 1. The van der Waals surface area contributed by atoms with Crippen molar-refractivity contribution in [2.45, 2.75) is 19.8 Å². The number of hydrogen-bond acceptors (Lipinski definition) is 4. The molecule has 1 aliphatic rings. The number of pyridine rings is 1. The van der Waals surface area contributed by atoms with Crippen molar-refractivity contribution in [3.8, 4) is 0 Å². The minimum absolute atomic E-state index is 0.271. The highest BCUT2D eigenvalue weighted by molar-refractivity contribution is 5.82. The van der Waals surface area contributed by atoms with Gasteiger partial charge in [-0.15, -0.1) is 0 Å². The summed E-state index contributed by atoms with van der Waals surface area (Å²) in [5.41, 5.74) is 7.22. The van der Waals surface area contributed by atoms with Gasteiger partial charge in [-0.3, -0.25) is 4.98 Å². The maximum Gasteiger partial charge on any atom is 0.116 e. The van der Waals surface area contributed by atoms with Crippen LogP contribution in [0.3, 0.4) is 0 Å². The van der Waals surface area contributed by atoms with Crippen LogP contribution in [0.1, 0.15) is 28.3 Å². The number of rotatable bonds is 1. The summed E-state index contributed by atoms with van der Waals surface area (Å²) in [6, 6.07) is 6.42. The summed E-state index contributed by atoms with van der Waals surface area (Å²) in [6.45, 7) is 5.20. The molecule has 4 rings (SSSR count). The Labute approximate surface area is 123 Å². The second-order valence-corrected chi connectivity index (χ2v) is 5.56. The summed E-state index contributed by atoms with van der Waals surface area (Å²) in [5.74, 6) is 0.271. The highest BCUT2D eigenvalue weighted by Gasteiger charge is 2.27. The molecule has 1 unspecified atom stereocenters. The van der Waals surface area contributed by atoms with E-state index < -0.39 is 0 Å². The Morgan fingerprint density at radius 2 is 2.05 bits per heavy atom. The van der Waals surface area contributed by atoms with Crippen molar-refractivity contribution in [1.29, 1.82) is 0 Å². The normalized spacial score (nSPS) is 16.8. The topological polar surface area (TPSA) is 50.7 Å². The first-order chi connectivity index (χ1) is 10.3. The number of anilines is 1. The van der Waals surface area contributed by atoms with Crippen LogP contribution < -0.4 is 5.32 Å². The Hall–Kier alpha value is -2.49. The third-order valence-corrected chi connectivity index (χ3v) is 4.43. The molecule has 0 saturated heterocycles. The van der Waals surface area contributed by atoms with E-state index >= 15 is 0 Å². The Morgan fingerprint density at radius 3 is 2.95 bits per heavy atom. The van der Waals surface area contributed by atoms with E-state index in [1.807, 2.05) is 6.07 Å². The molecule has 0 aliphatic carbocycles. The van der Waals surface area contributed by atoms with E-state index in [4.69, 9.17) is 0 Å². The van der Waals surface area contributed by atoms with Crippen molar-refractivity contribution in [2.24, 2.45) is 0 Å². The van der Waals surface area contributed by atoms with Crippen LogP contribution in [0.2, 0.25) is 0 Å². The SMILES string of the molecule is Cc1ccc2c(c1C)NCC2c1ncnc2cnccc12. The van der Waals surface area contributed by atoms with Gasteiger partial charge in [-0.1, -0.05) is 12.1 Å². The van der Waals surface area contributed by atoms with Gasteiger partial charge in [-0.25, -0.2) is 9.97 Å². The van der Waals surface area contributed by atoms with Crippen molar-refractivity contribution < 1.29 is 0 Å². The van der Waals surface area contributed by atoms with E-state index in [0.717, 1.165) is 23.1 Å². The van der Waals surface area contributed by atoms with Gasteiger partial charge < -0.3 is 5.32 Å². The van der Waals surface area contributed by atoms with Gasteiger partial charge in [0, 0.05) is 29.7 Å². The van der Waals surface area contributed by atoms with Gasteiger partial charge in [0.1, 0.15) is 6.33 Å². The molecule has 0 saturated carbocycles. The molecular formula is C17H16N4. The largest absolute Gasteiger partial charge is 0.384 e. The summed E-state index contributed by atoms with van der Waals surface area (Å²) in [7, 11) is 0. The average molecular weight is 276 g/mol. The fraction of sp³-hybridized carbons (Fsp3) is 0.235. The zero-order valence-corrected chi connectivity index (χ0v) is 12.1. The molecule has 4 nitrogen and oxygen atoms in total. The first kappa shape index (κ1) is 12.3. The summed E-state index contributed by atoms with van der Waals surface area (Å²) >= 11 is 0. The number of fused-ring (bicyclic) bond motifs is 2. The second-order valence-electron chi connectivity index (χ2n) is 5.56. The van der Waals surface area contributed by atoms with Gasteiger partial charge in [0.25, 0.3) is 0 Å². The highest BCUT2D eigenvalue weighted by Crippen LogP contribution is 2.39. The molecule has 0 amide bonds. The van der Waals surface area contributed by atoms with E-state index in [2.05, 4.69) is 46.2 Å². The van der Waals surface area contributed by atoms with Crippen LogP contribution in [-0.4, -0.2) is 21.5 Å². The van der Waals surface area contributed by atoms with Gasteiger partial charge in [0.05, 0.1) is 17.4 Å². The van der Waals surface area contributed by atoms with Crippen LogP contribution >= 0.6 is 0 Å². The van der Waals surface area contributed by atoms with Crippen molar-refractivity contribution in [1.82, 2.24) is 15.0 Å². The number of aromatic nitrogens is 3. The van der Waals surface area contributed by atoms with Crippen molar-refractivity contribution in [3.05, 3.63) is 59.3 Å². The van der Waals surface area contributed by atoms with E-state index in [0.29, 0.717) is 0 Å². The zero-order valence-electron chi connectivity index (χ0n) is 12.1. The highest BCUT2D eigenvalue weighted by atomic mass is 14.9. The number of benzene rings is 1. The lowest BCUT2D eigenvalue weighted by molar-refractivity contribution is 0.865. The third-order valence-electron chi connectivity index (χ3n) is 4.43. The minimum atomic E-state index is 0.271. The van der Waals surface area contributed by atoms with Crippen molar-refractivity contribution >= 4 is 16.6 Å². The monoisotopic (exact) mass is 276 g/mol. The molecule has 2 aromatic heterocycles. The van der Waals surface area contributed by atoms with Crippen LogP contribution in [0.4, 0.5) is 5.69 Å². The standard InChI is InChI=1S/C17H16N4/c1-10-3-4-12-14(7-19-16(12)11(10)2)17-13-5-6-18-8-15(13)20-9-21-17/h3-6,8-9,14,19H,7H2,1-2H3. The fourth-order valence-electron chi connectivity index (χ4n) is 3.13. The first-order valence-electron chi connectivity index (χ1n) is 7.14. The molecule has 0 radical (unpaired) electrons. The molecule has 0 bridgehead atoms. The molecule has 3 heterocycles. The van der Waals surface area contributed by atoms with Gasteiger partial charge in [0.2, 0.25) is 0 Å². The number of aryl methyl sites for hydroxylation is 1. The fourth-order valence-corrected chi connectivity index (χ4v) is 3.13. The predicted octanol–water partition coefficient (Wildman–Crippen LogP) is 3.20. The predicted molar refractivity (Wildman–Crippen MR) is 83.6 cm³/mol. The lowest BCUT2D eigenvalue weighted by Gasteiger charge is -2.13. The Kier molecular flexibility index (Phi) is 2.64. The molecule has 4 heteroatoms. The lowest BCUT2D eigenvalue weighted by Crippen LogP contribution is -2.07. The quantitative estimate of drug-likeness (QED) is 0.741. The van der Waals surface area contributed by atoms with Crippen molar-refractivity contribution in [3.63, 3.8) is 0 Å². The summed E-state index contributed by atoms with van der Waals surface area (Å²) in [6.07, 6.45) is 5.24. The molecule has 0 fully saturated rings. The zero-order chi connectivity index (χ0) is 14.4.